The van der Waals surface area contributed by atoms with Gasteiger partial charge in [0, 0.05) is 37.0 Å². The van der Waals surface area contributed by atoms with Crippen LogP contribution in [-0.2, 0) is 16.1 Å². The molecule has 1 rings (SSSR count). The first kappa shape index (κ1) is 20.2. The zero-order valence-corrected chi connectivity index (χ0v) is 15.7. The molecule has 0 unspecified atom stereocenters. The van der Waals surface area contributed by atoms with Crippen LogP contribution in [0, 0.1) is 6.92 Å². The van der Waals surface area contributed by atoms with Gasteiger partial charge in [0.25, 0.3) is 0 Å². The molecule has 24 heavy (non-hydrogen) atoms. The standard InChI is InChI=1S/C19H30N2O3/c1-14-7-8-17(24-6)16(11-14)13-21(5)10-9-18(23)20-19(3,4)12-15(2)22/h7-8,11H,9-10,12-13H2,1-6H3,(H,20,23). The topological polar surface area (TPSA) is 58.6 Å². The molecule has 0 aliphatic carbocycles. The molecule has 0 fully saturated rings. The van der Waals surface area contributed by atoms with Crippen LogP contribution in [0.1, 0.15) is 44.7 Å². The van der Waals surface area contributed by atoms with Gasteiger partial charge in [-0.2, -0.15) is 0 Å². The lowest BCUT2D eigenvalue weighted by Gasteiger charge is -2.26. The third-order valence-corrected chi connectivity index (χ3v) is 3.77. The Morgan fingerprint density at radius 2 is 1.96 bits per heavy atom. The number of benzene rings is 1. The second kappa shape index (κ2) is 8.83. The first-order chi connectivity index (χ1) is 11.1. The fraction of sp³-hybridized carbons (Fsp3) is 0.579. The maximum atomic E-state index is 12.1. The van der Waals surface area contributed by atoms with E-state index in [0.717, 1.165) is 17.9 Å². The molecule has 5 nitrogen and oxygen atoms in total. The van der Waals surface area contributed by atoms with Crippen LogP contribution in [-0.4, -0.2) is 42.8 Å². The van der Waals surface area contributed by atoms with Crippen molar-refractivity contribution in [3.63, 3.8) is 0 Å². The van der Waals surface area contributed by atoms with Gasteiger partial charge >= 0.3 is 0 Å². The molecule has 1 N–H and O–H groups in total. The maximum absolute atomic E-state index is 12.1. The second-order valence-corrected chi connectivity index (χ2v) is 7.11. The Bertz CT molecular complexity index is 582. The highest BCUT2D eigenvalue weighted by atomic mass is 16.5. The minimum Gasteiger partial charge on any atom is -0.496 e. The van der Waals surface area contributed by atoms with Gasteiger partial charge in [0.1, 0.15) is 11.5 Å². The number of hydrogen-bond acceptors (Lipinski definition) is 4. The summed E-state index contributed by atoms with van der Waals surface area (Å²) in [7, 11) is 3.65. The molecule has 1 amide bonds. The number of amides is 1. The van der Waals surface area contributed by atoms with E-state index in [1.807, 2.05) is 40.0 Å². The summed E-state index contributed by atoms with van der Waals surface area (Å²) in [5, 5.41) is 2.93. The molecule has 134 valence electrons. The van der Waals surface area contributed by atoms with E-state index in [2.05, 4.69) is 16.3 Å². The minimum atomic E-state index is -0.499. The number of ketones is 1. The molecule has 0 radical (unpaired) electrons. The molecule has 0 spiro atoms. The van der Waals surface area contributed by atoms with Crippen LogP contribution in [0.15, 0.2) is 18.2 Å². The molecule has 0 aromatic heterocycles. The van der Waals surface area contributed by atoms with E-state index in [1.54, 1.807) is 7.11 Å². The molecule has 0 heterocycles. The normalized spacial score (nSPS) is 11.5. The van der Waals surface area contributed by atoms with Crippen LogP contribution in [0.4, 0.5) is 0 Å². The van der Waals surface area contributed by atoms with Crippen molar-refractivity contribution in [2.45, 2.75) is 52.6 Å². The first-order valence-electron chi connectivity index (χ1n) is 8.25. The van der Waals surface area contributed by atoms with Crippen molar-refractivity contribution in [3.05, 3.63) is 29.3 Å². The van der Waals surface area contributed by atoms with Crippen LogP contribution in [0.25, 0.3) is 0 Å². The molecule has 0 bridgehead atoms. The lowest BCUT2D eigenvalue weighted by Crippen LogP contribution is -2.45. The van der Waals surface area contributed by atoms with Gasteiger partial charge < -0.3 is 15.0 Å². The summed E-state index contributed by atoms with van der Waals surface area (Å²) in [4.78, 5) is 25.4. The Kier molecular flexibility index (Phi) is 7.42. The van der Waals surface area contributed by atoms with E-state index in [-0.39, 0.29) is 11.7 Å². The van der Waals surface area contributed by atoms with Crippen molar-refractivity contribution in [1.82, 2.24) is 10.2 Å². The molecule has 0 aliphatic heterocycles. The molecule has 5 heteroatoms. The Labute approximate surface area is 145 Å². The van der Waals surface area contributed by atoms with Gasteiger partial charge in [-0.15, -0.1) is 0 Å². The van der Waals surface area contributed by atoms with Crippen molar-refractivity contribution in [1.29, 1.82) is 0 Å². The summed E-state index contributed by atoms with van der Waals surface area (Å²) < 4.78 is 5.39. The smallest absolute Gasteiger partial charge is 0.221 e. The van der Waals surface area contributed by atoms with Gasteiger partial charge in [0.05, 0.1) is 7.11 Å². The molecule has 0 saturated carbocycles. The van der Waals surface area contributed by atoms with Crippen molar-refractivity contribution < 1.29 is 14.3 Å². The number of ether oxygens (including phenoxy) is 1. The van der Waals surface area contributed by atoms with Crippen molar-refractivity contribution in [2.75, 3.05) is 20.7 Å². The van der Waals surface area contributed by atoms with Gasteiger partial charge in [-0.05, 0) is 40.8 Å². The average Bonchev–Trinajstić information content (AvgIpc) is 2.43. The summed E-state index contributed by atoms with van der Waals surface area (Å²) in [5.74, 6) is 0.896. The van der Waals surface area contributed by atoms with E-state index in [1.165, 1.54) is 12.5 Å². The number of carbonyl (C=O) groups is 2. The Morgan fingerprint density at radius 1 is 1.29 bits per heavy atom. The number of methoxy groups -OCH3 is 1. The maximum Gasteiger partial charge on any atom is 0.221 e. The number of nitrogens with zero attached hydrogens (tertiary/aromatic N) is 1. The third kappa shape index (κ3) is 7.13. The lowest BCUT2D eigenvalue weighted by molar-refractivity contribution is -0.124. The molecule has 1 aromatic rings. The SMILES string of the molecule is COc1ccc(C)cc1CN(C)CCC(=O)NC(C)(C)CC(C)=O. The summed E-state index contributed by atoms with van der Waals surface area (Å²) in [5.41, 5.74) is 1.79. The van der Waals surface area contributed by atoms with Gasteiger partial charge in [-0.3, -0.25) is 9.59 Å². The van der Waals surface area contributed by atoms with Gasteiger partial charge in [-0.25, -0.2) is 0 Å². The van der Waals surface area contributed by atoms with Crippen LogP contribution in [0.5, 0.6) is 5.75 Å². The zero-order valence-electron chi connectivity index (χ0n) is 15.7. The quantitative estimate of drug-likeness (QED) is 0.754. The Morgan fingerprint density at radius 3 is 2.54 bits per heavy atom. The van der Waals surface area contributed by atoms with Crippen molar-refractivity contribution in [2.24, 2.45) is 0 Å². The van der Waals surface area contributed by atoms with E-state index >= 15 is 0 Å². The molecule has 0 aliphatic rings. The second-order valence-electron chi connectivity index (χ2n) is 7.11. The molecule has 0 saturated heterocycles. The first-order valence-corrected chi connectivity index (χ1v) is 8.25. The number of nitrogens with one attached hydrogen (secondary N) is 1. The lowest BCUT2D eigenvalue weighted by atomic mass is 9.98. The molecular formula is C19H30N2O3. The highest BCUT2D eigenvalue weighted by Crippen LogP contribution is 2.21. The predicted molar refractivity (Wildman–Crippen MR) is 96.2 cm³/mol. The molecule has 1 aromatic carbocycles. The number of carbonyl (C=O) groups excluding carboxylic acids is 2. The summed E-state index contributed by atoms with van der Waals surface area (Å²) in [6.07, 6.45) is 0.737. The number of rotatable bonds is 9. The Hall–Kier alpha value is -1.88. The van der Waals surface area contributed by atoms with E-state index in [9.17, 15) is 9.59 Å². The van der Waals surface area contributed by atoms with Crippen LogP contribution in [0.3, 0.4) is 0 Å². The Balaban J connectivity index is 2.51. The fourth-order valence-electron chi connectivity index (χ4n) is 2.80. The third-order valence-electron chi connectivity index (χ3n) is 3.77. The number of Topliss-reactive ketones (excluding diaryl/α,β-unsaturated/α-hetero) is 1. The van der Waals surface area contributed by atoms with Crippen LogP contribution < -0.4 is 10.1 Å². The zero-order chi connectivity index (χ0) is 18.3. The van der Waals surface area contributed by atoms with Gasteiger partial charge in [-0.1, -0.05) is 17.7 Å². The summed E-state index contributed by atoms with van der Waals surface area (Å²) in [6, 6.07) is 6.09. The van der Waals surface area contributed by atoms with Gasteiger partial charge in [0.15, 0.2) is 0 Å². The summed E-state index contributed by atoms with van der Waals surface area (Å²) >= 11 is 0. The number of hydrogen-bond donors (Lipinski definition) is 1. The summed E-state index contributed by atoms with van der Waals surface area (Å²) in [6.45, 7) is 8.68. The highest BCUT2D eigenvalue weighted by Gasteiger charge is 2.22. The average molecular weight is 334 g/mol. The van der Waals surface area contributed by atoms with E-state index in [0.29, 0.717) is 19.4 Å². The fourth-order valence-corrected chi connectivity index (χ4v) is 2.80. The predicted octanol–water partition coefficient (Wildman–Crippen LogP) is 2.70. The van der Waals surface area contributed by atoms with Gasteiger partial charge in [0.2, 0.25) is 5.91 Å². The largest absolute Gasteiger partial charge is 0.496 e. The van der Waals surface area contributed by atoms with Crippen LogP contribution in [0.2, 0.25) is 0 Å². The van der Waals surface area contributed by atoms with Crippen LogP contribution >= 0.6 is 0 Å². The van der Waals surface area contributed by atoms with Crippen molar-refractivity contribution in [3.8, 4) is 5.75 Å². The molecular weight excluding hydrogens is 304 g/mol. The monoisotopic (exact) mass is 334 g/mol. The molecule has 0 atom stereocenters. The highest BCUT2D eigenvalue weighted by molar-refractivity contribution is 5.80. The minimum absolute atomic E-state index is 0.0377. The van der Waals surface area contributed by atoms with E-state index in [4.69, 9.17) is 4.74 Å². The van der Waals surface area contributed by atoms with E-state index < -0.39 is 5.54 Å². The number of aryl methyl sites for hydroxylation is 1. The van der Waals surface area contributed by atoms with Crippen molar-refractivity contribution >= 4 is 11.7 Å².